The molecule has 0 saturated heterocycles. The number of halogens is 2. The van der Waals surface area contributed by atoms with Gasteiger partial charge < -0.3 is 4.40 Å². The van der Waals surface area contributed by atoms with E-state index >= 15 is 0 Å². The van der Waals surface area contributed by atoms with Crippen molar-refractivity contribution >= 4 is 34.0 Å². The van der Waals surface area contributed by atoms with Crippen LogP contribution in [0.4, 0.5) is 0 Å². The quantitative estimate of drug-likeness (QED) is 0.683. The lowest BCUT2D eigenvalue weighted by molar-refractivity contribution is 1.17. The highest BCUT2D eigenvalue weighted by molar-refractivity contribution is 9.10. The summed E-state index contributed by atoms with van der Waals surface area (Å²) in [4.78, 5) is 4.10. The molecule has 0 aliphatic heterocycles. The van der Waals surface area contributed by atoms with E-state index in [9.17, 15) is 0 Å². The fraction of sp³-hybridized carbons (Fsp3) is 0. The van der Waals surface area contributed by atoms with E-state index in [4.69, 9.17) is 0 Å². The van der Waals surface area contributed by atoms with Gasteiger partial charge in [-0.3, -0.25) is 0 Å². The van der Waals surface area contributed by atoms with Crippen LogP contribution in [-0.2, 0) is 0 Å². The minimum absolute atomic E-state index is 0. The molecule has 0 saturated carbocycles. The Bertz CT molecular complexity index is 358. The number of hydrogen-bond donors (Lipinski definition) is 0. The summed E-state index contributed by atoms with van der Waals surface area (Å²) < 4.78 is 3.03. The molecule has 58 valence electrons. The van der Waals surface area contributed by atoms with Crippen LogP contribution in [0.2, 0.25) is 0 Å². The first-order chi connectivity index (χ1) is 4.86. The Hall–Kier alpha value is -0.540. The Morgan fingerprint density at radius 2 is 2.18 bits per heavy atom. The Morgan fingerprint density at radius 1 is 1.36 bits per heavy atom. The third-order valence-electron chi connectivity index (χ3n) is 1.35. The van der Waals surface area contributed by atoms with Gasteiger partial charge >= 0.3 is 0 Å². The zero-order chi connectivity index (χ0) is 6.97. The molecule has 11 heavy (non-hydrogen) atoms. The fourth-order valence-electron chi connectivity index (χ4n) is 0.893. The predicted octanol–water partition coefficient (Wildman–Crippen LogP) is 2.52. The molecule has 2 heterocycles. The Labute approximate surface area is 78.8 Å². The topological polar surface area (TPSA) is 17.3 Å². The van der Waals surface area contributed by atoms with Crippen molar-refractivity contribution in [3.05, 3.63) is 35.2 Å². The molecular formula is C7H6BrClN2. The molecule has 2 rings (SSSR count). The number of hydrogen-bond acceptors (Lipinski definition) is 1. The average Bonchev–Trinajstić information content (AvgIpc) is 2.33. The van der Waals surface area contributed by atoms with Crippen LogP contribution >= 0.6 is 28.3 Å². The highest BCUT2D eigenvalue weighted by Crippen LogP contribution is 2.09. The van der Waals surface area contributed by atoms with Crippen LogP contribution < -0.4 is 0 Å². The third-order valence-corrected chi connectivity index (χ3v) is 1.82. The van der Waals surface area contributed by atoms with Crippen molar-refractivity contribution in [1.29, 1.82) is 0 Å². The Kier molecular flexibility index (Phi) is 2.52. The van der Waals surface area contributed by atoms with Gasteiger partial charge in [-0.25, -0.2) is 4.98 Å². The monoisotopic (exact) mass is 232 g/mol. The van der Waals surface area contributed by atoms with Gasteiger partial charge in [0, 0.05) is 23.1 Å². The van der Waals surface area contributed by atoms with Gasteiger partial charge in [-0.1, -0.05) is 0 Å². The average molecular weight is 233 g/mol. The number of fused-ring (bicyclic) bond motifs is 1. The van der Waals surface area contributed by atoms with Crippen LogP contribution in [-0.4, -0.2) is 9.38 Å². The smallest absolute Gasteiger partial charge is 0.136 e. The molecule has 0 amide bonds. The van der Waals surface area contributed by atoms with Gasteiger partial charge in [0.2, 0.25) is 0 Å². The van der Waals surface area contributed by atoms with Gasteiger partial charge in [0.15, 0.2) is 0 Å². The second-order valence-corrected chi connectivity index (χ2v) is 2.96. The summed E-state index contributed by atoms with van der Waals surface area (Å²) in [7, 11) is 0. The summed E-state index contributed by atoms with van der Waals surface area (Å²) in [5.41, 5.74) is 0.975. The maximum atomic E-state index is 4.10. The fourth-order valence-corrected chi connectivity index (χ4v) is 1.25. The summed E-state index contributed by atoms with van der Waals surface area (Å²) in [6.07, 6.45) is 5.67. The van der Waals surface area contributed by atoms with Crippen LogP contribution in [0, 0.1) is 0 Å². The summed E-state index contributed by atoms with van der Waals surface area (Å²) in [5, 5.41) is 0. The second-order valence-electron chi connectivity index (χ2n) is 2.04. The second kappa shape index (κ2) is 3.24. The normalized spacial score (nSPS) is 9.55. The SMILES string of the molecule is Brc1ccc2nccn2c1.Cl. The molecule has 0 aromatic carbocycles. The molecule has 0 N–H and O–H groups in total. The van der Waals surface area contributed by atoms with E-state index in [0.717, 1.165) is 10.1 Å². The molecule has 2 aromatic rings. The number of imidazole rings is 1. The minimum Gasteiger partial charge on any atom is -0.306 e. The molecule has 0 atom stereocenters. The van der Waals surface area contributed by atoms with Crippen molar-refractivity contribution in [3.63, 3.8) is 0 Å². The maximum absolute atomic E-state index is 4.10. The molecule has 0 aliphatic carbocycles. The first kappa shape index (κ1) is 8.56. The molecular weight excluding hydrogens is 227 g/mol. The molecule has 2 aromatic heterocycles. The number of pyridine rings is 1. The van der Waals surface area contributed by atoms with E-state index in [1.165, 1.54) is 0 Å². The first-order valence-electron chi connectivity index (χ1n) is 2.94. The van der Waals surface area contributed by atoms with E-state index in [1.54, 1.807) is 6.20 Å². The number of nitrogens with zero attached hydrogens (tertiary/aromatic N) is 2. The minimum atomic E-state index is 0. The molecule has 0 radical (unpaired) electrons. The van der Waals surface area contributed by atoms with Crippen molar-refractivity contribution < 1.29 is 0 Å². The van der Waals surface area contributed by atoms with Crippen LogP contribution in [0.25, 0.3) is 5.65 Å². The highest BCUT2D eigenvalue weighted by atomic mass is 79.9. The van der Waals surface area contributed by atoms with Gasteiger partial charge in [-0.05, 0) is 28.1 Å². The van der Waals surface area contributed by atoms with Crippen molar-refractivity contribution in [2.75, 3.05) is 0 Å². The maximum Gasteiger partial charge on any atom is 0.136 e. The summed E-state index contributed by atoms with van der Waals surface area (Å²) in [6, 6.07) is 3.94. The Morgan fingerprint density at radius 3 is 3.00 bits per heavy atom. The zero-order valence-electron chi connectivity index (χ0n) is 5.57. The van der Waals surface area contributed by atoms with Crippen LogP contribution in [0.1, 0.15) is 0 Å². The Balaban J connectivity index is 0.000000605. The molecule has 0 unspecified atom stereocenters. The van der Waals surface area contributed by atoms with Gasteiger partial charge in [-0.2, -0.15) is 0 Å². The highest BCUT2D eigenvalue weighted by Gasteiger charge is 1.91. The standard InChI is InChI=1S/C7H5BrN2.ClH/c8-6-1-2-7-9-3-4-10(7)5-6;/h1-5H;1H. The summed E-state index contributed by atoms with van der Waals surface area (Å²) in [5.74, 6) is 0. The largest absolute Gasteiger partial charge is 0.306 e. The van der Waals surface area contributed by atoms with Crippen molar-refractivity contribution in [3.8, 4) is 0 Å². The molecule has 0 spiro atoms. The molecule has 0 fully saturated rings. The molecule has 0 aliphatic rings. The van der Waals surface area contributed by atoms with E-state index in [1.807, 2.05) is 28.9 Å². The zero-order valence-corrected chi connectivity index (χ0v) is 7.97. The predicted molar refractivity (Wildman–Crippen MR) is 50.1 cm³/mol. The van der Waals surface area contributed by atoms with Gasteiger partial charge in [0.05, 0.1) is 0 Å². The molecule has 0 bridgehead atoms. The lowest BCUT2D eigenvalue weighted by Crippen LogP contribution is -1.80. The molecule has 4 heteroatoms. The summed E-state index contributed by atoms with van der Waals surface area (Å²) in [6.45, 7) is 0. The van der Waals surface area contributed by atoms with Crippen molar-refractivity contribution in [1.82, 2.24) is 9.38 Å². The number of rotatable bonds is 0. The number of aromatic nitrogens is 2. The van der Waals surface area contributed by atoms with Gasteiger partial charge in [0.1, 0.15) is 5.65 Å². The lowest BCUT2D eigenvalue weighted by Gasteiger charge is -1.91. The van der Waals surface area contributed by atoms with Crippen molar-refractivity contribution in [2.45, 2.75) is 0 Å². The third kappa shape index (κ3) is 1.54. The van der Waals surface area contributed by atoms with Crippen LogP contribution in [0.3, 0.4) is 0 Å². The van der Waals surface area contributed by atoms with Crippen LogP contribution in [0.5, 0.6) is 0 Å². The van der Waals surface area contributed by atoms with Crippen molar-refractivity contribution in [2.24, 2.45) is 0 Å². The van der Waals surface area contributed by atoms with E-state index in [0.29, 0.717) is 0 Å². The van der Waals surface area contributed by atoms with Gasteiger partial charge in [0.25, 0.3) is 0 Å². The molecule has 2 nitrogen and oxygen atoms in total. The summed E-state index contributed by atoms with van der Waals surface area (Å²) >= 11 is 3.37. The van der Waals surface area contributed by atoms with E-state index < -0.39 is 0 Å². The van der Waals surface area contributed by atoms with E-state index in [2.05, 4.69) is 20.9 Å². The van der Waals surface area contributed by atoms with E-state index in [-0.39, 0.29) is 12.4 Å². The van der Waals surface area contributed by atoms with Crippen LogP contribution in [0.15, 0.2) is 35.2 Å². The van der Waals surface area contributed by atoms with Gasteiger partial charge in [-0.15, -0.1) is 12.4 Å². The lowest BCUT2D eigenvalue weighted by atomic mass is 10.5. The first-order valence-corrected chi connectivity index (χ1v) is 3.74.